The Balaban J connectivity index is 1.59. The maximum absolute atomic E-state index is 14.2. The van der Waals surface area contributed by atoms with Crippen LogP contribution in [0.4, 0.5) is 8.78 Å². The van der Waals surface area contributed by atoms with Gasteiger partial charge in [0.2, 0.25) is 0 Å². The molecule has 1 aliphatic carbocycles. The first-order valence-corrected chi connectivity index (χ1v) is 10.1. The lowest BCUT2D eigenvalue weighted by atomic mass is 9.78. The molecule has 0 aromatic heterocycles. The third kappa shape index (κ3) is 4.75. The quantitative estimate of drug-likeness (QED) is 0.537. The predicted molar refractivity (Wildman–Crippen MR) is 105 cm³/mol. The second kappa shape index (κ2) is 9.13. The standard InChI is InChI=1S/C24H27F2N/c1-2-3-17-4-6-18(7-5-17)8-9-19-10-12-20(13-11-19)22-15-14-21(16-27)23(25)24(22)26/h10-15,17-18H,2-9H2,1H3/t17-,18-. The van der Waals surface area contributed by atoms with E-state index in [0.29, 0.717) is 5.56 Å². The number of benzene rings is 2. The van der Waals surface area contributed by atoms with Crippen LogP contribution >= 0.6 is 0 Å². The normalized spacial score (nSPS) is 19.6. The van der Waals surface area contributed by atoms with Gasteiger partial charge in [0, 0.05) is 5.56 Å². The van der Waals surface area contributed by atoms with Gasteiger partial charge in [-0.05, 0) is 47.9 Å². The summed E-state index contributed by atoms with van der Waals surface area (Å²) in [6.45, 7) is 2.27. The molecule has 0 atom stereocenters. The molecule has 1 nitrogen and oxygen atoms in total. The lowest BCUT2D eigenvalue weighted by Gasteiger charge is -2.28. The van der Waals surface area contributed by atoms with Crippen LogP contribution in [0.5, 0.6) is 0 Å². The van der Waals surface area contributed by atoms with E-state index < -0.39 is 11.6 Å². The van der Waals surface area contributed by atoms with Gasteiger partial charge in [-0.3, -0.25) is 0 Å². The monoisotopic (exact) mass is 367 g/mol. The van der Waals surface area contributed by atoms with Crippen LogP contribution in [-0.4, -0.2) is 0 Å². The van der Waals surface area contributed by atoms with Crippen LogP contribution in [0.25, 0.3) is 11.1 Å². The summed E-state index contributed by atoms with van der Waals surface area (Å²) >= 11 is 0. The number of halogens is 2. The maximum Gasteiger partial charge on any atom is 0.177 e. The van der Waals surface area contributed by atoms with Gasteiger partial charge in [0.25, 0.3) is 0 Å². The Bertz CT molecular complexity index is 796. The summed E-state index contributed by atoms with van der Waals surface area (Å²) in [6.07, 6.45) is 10.4. The van der Waals surface area contributed by atoms with E-state index in [1.165, 1.54) is 62.6 Å². The molecule has 0 radical (unpaired) electrons. The van der Waals surface area contributed by atoms with Crippen molar-refractivity contribution in [3.63, 3.8) is 0 Å². The first kappa shape index (κ1) is 19.5. The van der Waals surface area contributed by atoms with Crippen LogP contribution in [0.1, 0.15) is 63.0 Å². The van der Waals surface area contributed by atoms with Gasteiger partial charge in [0.1, 0.15) is 6.07 Å². The Hall–Kier alpha value is -2.21. The zero-order valence-corrected chi connectivity index (χ0v) is 16.0. The summed E-state index contributed by atoms with van der Waals surface area (Å²) in [6, 6.07) is 12.2. The van der Waals surface area contributed by atoms with Crippen molar-refractivity contribution < 1.29 is 8.78 Å². The Kier molecular flexibility index (Phi) is 6.61. The molecule has 27 heavy (non-hydrogen) atoms. The van der Waals surface area contributed by atoms with Crippen molar-refractivity contribution in [3.05, 3.63) is 59.2 Å². The lowest BCUT2D eigenvalue weighted by Crippen LogP contribution is -2.15. The summed E-state index contributed by atoms with van der Waals surface area (Å²) in [5, 5.41) is 8.79. The number of hydrogen-bond acceptors (Lipinski definition) is 1. The van der Waals surface area contributed by atoms with E-state index in [1.54, 1.807) is 6.07 Å². The third-order valence-electron chi connectivity index (χ3n) is 5.97. The molecule has 142 valence electrons. The molecule has 0 unspecified atom stereocenters. The second-order valence-electron chi connectivity index (χ2n) is 7.81. The second-order valence-corrected chi connectivity index (χ2v) is 7.81. The average molecular weight is 367 g/mol. The largest absolute Gasteiger partial charge is 0.203 e. The molecule has 1 saturated carbocycles. The highest BCUT2D eigenvalue weighted by Gasteiger charge is 2.20. The van der Waals surface area contributed by atoms with Crippen molar-refractivity contribution in [2.75, 3.05) is 0 Å². The Labute approximate surface area is 161 Å². The van der Waals surface area contributed by atoms with Crippen LogP contribution in [-0.2, 0) is 6.42 Å². The molecule has 0 bridgehead atoms. The van der Waals surface area contributed by atoms with E-state index in [1.807, 2.05) is 24.3 Å². The van der Waals surface area contributed by atoms with Gasteiger partial charge in [-0.2, -0.15) is 5.26 Å². The summed E-state index contributed by atoms with van der Waals surface area (Å²) in [4.78, 5) is 0. The first-order valence-electron chi connectivity index (χ1n) is 10.1. The Morgan fingerprint density at radius 2 is 1.52 bits per heavy atom. The zero-order valence-electron chi connectivity index (χ0n) is 16.0. The first-order chi connectivity index (χ1) is 13.1. The zero-order chi connectivity index (χ0) is 19.2. The smallest absolute Gasteiger partial charge is 0.177 e. The molecule has 0 amide bonds. The number of nitrogens with zero attached hydrogens (tertiary/aromatic N) is 1. The van der Waals surface area contributed by atoms with Gasteiger partial charge < -0.3 is 0 Å². The van der Waals surface area contributed by atoms with Crippen molar-refractivity contribution in [1.29, 1.82) is 5.26 Å². The van der Waals surface area contributed by atoms with Crippen molar-refractivity contribution in [3.8, 4) is 17.2 Å². The van der Waals surface area contributed by atoms with Gasteiger partial charge in [-0.1, -0.05) is 69.7 Å². The number of hydrogen-bond donors (Lipinski definition) is 0. The Morgan fingerprint density at radius 3 is 2.11 bits per heavy atom. The molecule has 1 aliphatic rings. The van der Waals surface area contributed by atoms with Crippen LogP contribution in [0, 0.1) is 34.8 Å². The van der Waals surface area contributed by atoms with Crippen LogP contribution in [0.2, 0.25) is 0 Å². The molecule has 0 aliphatic heterocycles. The summed E-state index contributed by atoms with van der Waals surface area (Å²) < 4.78 is 28.0. The molecule has 3 rings (SSSR count). The van der Waals surface area contributed by atoms with Crippen LogP contribution in [0.15, 0.2) is 36.4 Å². The van der Waals surface area contributed by atoms with E-state index in [4.69, 9.17) is 5.26 Å². The third-order valence-corrected chi connectivity index (χ3v) is 5.97. The van der Waals surface area contributed by atoms with Crippen LogP contribution < -0.4 is 0 Å². The van der Waals surface area contributed by atoms with E-state index in [-0.39, 0.29) is 11.1 Å². The molecule has 0 heterocycles. The number of nitriles is 1. The summed E-state index contributed by atoms with van der Waals surface area (Å²) in [5.74, 6) is -0.264. The van der Waals surface area contributed by atoms with Crippen molar-refractivity contribution in [2.45, 2.75) is 58.3 Å². The molecule has 0 saturated heterocycles. The van der Waals surface area contributed by atoms with Gasteiger partial charge >= 0.3 is 0 Å². The highest BCUT2D eigenvalue weighted by Crippen LogP contribution is 2.34. The number of rotatable bonds is 6. The molecule has 1 fully saturated rings. The van der Waals surface area contributed by atoms with Gasteiger partial charge in [0.15, 0.2) is 11.6 Å². The van der Waals surface area contributed by atoms with E-state index in [0.717, 1.165) is 18.3 Å². The van der Waals surface area contributed by atoms with Gasteiger partial charge in [-0.15, -0.1) is 0 Å². The summed E-state index contributed by atoms with van der Waals surface area (Å²) in [7, 11) is 0. The topological polar surface area (TPSA) is 23.8 Å². The SMILES string of the molecule is CCC[C@H]1CC[C@H](CCc2ccc(-c3ccc(C#N)c(F)c3F)cc2)CC1. The highest BCUT2D eigenvalue weighted by molar-refractivity contribution is 5.65. The van der Waals surface area contributed by atoms with Crippen LogP contribution in [0.3, 0.4) is 0 Å². The fraction of sp³-hybridized carbons (Fsp3) is 0.458. The minimum atomic E-state index is -1.07. The molecule has 2 aromatic rings. The maximum atomic E-state index is 14.2. The molecule has 0 N–H and O–H groups in total. The Morgan fingerprint density at radius 1 is 0.889 bits per heavy atom. The number of aryl methyl sites for hydroxylation is 1. The van der Waals surface area contributed by atoms with Crippen molar-refractivity contribution >= 4 is 0 Å². The fourth-order valence-electron chi connectivity index (χ4n) is 4.30. The highest BCUT2D eigenvalue weighted by atomic mass is 19.2. The van der Waals surface area contributed by atoms with E-state index in [2.05, 4.69) is 6.92 Å². The van der Waals surface area contributed by atoms with Crippen molar-refractivity contribution in [1.82, 2.24) is 0 Å². The molecule has 3 heteroatoms. The van der Waals surface area contributed by atoms with Gasteiger partial charge in [-0.25, -0.2) is 8.78 Å². The molecular formula is C24H27F2N. The molecular weight excluding hydrogens is 340 g/mol. The molecule has 2 aromatic carbocycles. The molecule has 0 spiro atoms. The minimum absolute atomic E-state index is 0.201. The van der Waals surface area contributed by atoms with Gasteiger partial charge in [0.05, 0.1) is 5.56 Å². The van der Waals surface area contributed by atoms with Crippen molar-refractivity contribution in [2.24, 2.45) is 11.8 Å². The predicted octanol–water partition coefficient (Wildman–Crippen LogP) is 7.04. The van der Waals surface area contributed by atoms with E-state index in [9.17, 15) is 8.78 Å². The average Bonchev–Trinajstić information content (AvgIpc) is 2.70. The fourth-order valence-corrected chi connectivity index (χ4v) is 4.30. The summed E-state index contributed by atoms with van der Waals surface area (Å²) in [5.41, 5.74) is 1.82. The minimum Gasteiger partial charge on any atom is -0.203 e. The van der Waals surface area contributed by atoms with E-state index >= 15 is 0 Å². The lowest BCUT2D eigenvalue weighted by molar-refractivity contribution is 0.252.